The number of nitrogens with zero attached hydrogens (tertiary/aromatic N) is 3. The number of nitrogens with one attached hydrogen (secondary N) is 1. The highest BCUT2D eigenvalue weighted by molar-refractivity contribution is 7.53. The number of imidazole rings is 1. The lowest BCUT2D eigenvalue weighted by Crippen LogP contribution is -2.17. The van der Waals surface area contributed by atoms with Gasteiger partial charge in [0.2, 0.25) is 5.95 Å². The Morgan fingerprint density at radius 2 is 2.17 bits per heavy atom. The quantitative estimate of drug-likeness (QED) is 0.455. The van der Waals surface area contributed by atoms with Gasteiger partial charge < -0.3 is 19.6 Å². The normalized spacial score (nSPS) is 22.2. The molecule has 2 aromatic heterocycles. The van der Waals surface area contributed by atoms with Crippen molar-refractivity contribution in [1.82, 2.24) is 19.5 Å². The smallest absolute Gasteiger partial charge is 0.356 e. The number of nitrogens with two attached hydrogens (primary N) is 1. The van der Waals surface area contributed by atoms with E-state index in [1.54, 1.807) is 16.7 Å². The minimum atomic E-state index is -3.45. The van der Waals surface area contributed by atoms with Gasteiger partial charge in [0, 0.05) is 13.0 Å². The summed E-state index contributed by atoms with van der Waals surface area (Å²) in [5, 5.41) is 0. The van der Waals surface area contributed by atoms with Crippen molar-refractivity contribution in [2.45, 2.75) is 19.1 Å². The molecule has 1 aliphatic rings. The third-order valence-electron chi connectivity index (χ3n) is 4.42. The molecule has 0 amide bonds. The summed E-state index contributed by atoms with van der Waals surface area (Å²) >= 11 is 0. The molecule has 4 rings (SSSR count). The van der Waals surface area contributed by atoms with E-state index in [0.29, 0.717) is 18.6 Å². The molecule has 0 bridgehead atoms. The first kappa shape index (κ1) is 19.7. The van der Waals surface area contributed by atoms with Gasteiger partial charge in [0.1, 0.15) is 12.2 Å². The van der Waals surface area contributed by atoms with E-state index >= 15 is 0 Å². The molecule has 0 saturated carbocycles. The SMILES string of the molecule is Nc1nc2c(ncn2CCOCP2(=O)OCCC(c3ccc(F)cc3)O2)c(=O)[nH]1. The summed E-state index contributed by atoms with van der Waals surface area (Å²) in [6, 6.07) is 5.86. The van der Waals surface area contributed by atoms with Crippen LogP contribution in [-0.2, 0) is 24.9 Å². The molecule has 0 aliphatic carbocycles. The average Bonchev–Trinajstić information content (AvgIpc) is 3.09. The van der Waals surface area contributed by atoms with Crippen LogP contribution in [0.2, 0.25) is 0 Å². The molecule has 0 radical (unpaired) electrons. The zero-order valence-electron chi connectivity index (χ0n) is 15.3. The van der Waals surface area contributed by atoms with Gasteiger partial charge in [-0.15, -0.1) is 0 Å². The van der Waals surface area contributed by atoms with Crippen molar-refractivity contribution in [3.8, 4) is 0 Å². The maximum Gasteiger partial charge on any atom is 0.356 e. The summed E-state index contributed by atoms with van der Waals surface area (Å²) in [7, 11) is -3.45. The van der Waals surface area contributed by atoms with Crippen LogP contribution in [0.4, 0.5) is 10.3 Å². The number of rotatable bonds is 6. The van der Waals surface area contributed by atoms with E-state index in [4.69, 9.17) is 19.5 Å². The number of nitrogen functional groups attached to an aromatic ring is 1. The van der Waals surface area contributed by atoms with Crippen LogP contribution in [-0.4, -0.2) is 39.1 Å². The molecule has 1 saturated heterocycles. The van der Waals surface area contributed by atoms with Gasteiger partial charge in [-0.2, -0.15) is 4.98 Å². The molecule has 3 N–H and O–H groups in total. The van der Waals surface area contributed by atoms with Gasteiger partial charge in [0.15, 0.2) is 11.2 Å². The van der Waals surface area contributed by atoms with Gasteiger partial charge in [0.05, 0.1) is 25.6 Å². The van der Waals surface area contributed by atoms with Crippen LogP contribution in [0.25, 0.3) is 11.2 Å². The highest BCUT2D eigenvalue weighted by atomic mass is 31.2. The third-order valence-corrected chi connectivity index (χ3v) is 6.07. The lowest BCUT2D eigenvalue weighted by atomic mass is 10.1. The van der Waals surface area contributed by atoms with E-state index < -0.39 is 19.3 Å². The van der Waals surface area contributed by atoms with Crippen LogP contribution in [0.3, 0.4) is 0 Å². The van der Waals surface area contributed by atoms with Crippen molar-refractivity contribution in [2.75, 3.05) is 25.3 Å². The van der Waals surface area contributed by atoms with E-state index in [-0.39, 0.29) is 36.8 Å². The molecule has 1 aromatic carbocycles. The molecule has 2 atom stereocenters. The molecule has 0 spiro atoms. The zero-order chi connectivity index (χ0) is 20.4. The standard InChI is InChI=1S/C17H19FN5O5P/c18-12-3-1-11(2-4-12)13-5-7-27-29(25,28-13)10-26-8-6-23-9-20-14-15(23)21-17(19)22-16(14)24/h1-4,9,13H,5-8,10H2,(H3,19,21,22,24). The van der Waals surface area contributed by atoms with E-state index in [1.165, 1.54) is 18.5 Å². The summed E-state index contributed by atoms with van der Waals surface area (Å²) < 4.78 is 44.0. The average molecular weight is 423 g/mol. The number of hydrogen-bond acceptors (Lipinski definition) is 8. The van der Waals surface area contributed by atoms with Crippen molar-refractivity contribution >= 4 is 24.7 Å². The second-order valence-corrected chi connectivity index (χ2v) is 8.43. The predicted octanol–water partition coefficient (Wildman–Crippen LogP) is 2.19. The molecule has 2 unspecified atom stereocenters. The number of H-pyrrole nitrogens is 1. The van der Waals surface area contributed by atoms with Crippen molar-refractivity contribution in [1.29, 1.82) is 0 Å². The van der Waals surface area contributed by atoms with Gasteiger partial charge in [0.25, 0.3) is 5.56 Å². The summed E-state index contributed by atoms with van der Waals surface area (Å²) in [5.74, 6) is -0.358. The Morgan fingerprint density at radius 3 is 2.97 bits per heavy atom. The lowest BCUT2D eigenvalue weighted by molar-refractivity contribution is 0.0563. The number of ether oxygens (including phenoxy) is 1. The topological polar surface area (TPSA) is 134 Å². The monoisotopic (exact) mass is 423 g/mol. The minimum absolute atomic E-state index is 0.00885. The van der Waals surface area contributed by atoms with E-state index in [1.807, 2.05) is 0 Å². The van der Waals surface area contributed by atoms with Crippen LogP contribution in [0.5, 0.6) is 0 Å². The first-order valence-electron chi connectivity index (χ1n) is 8.89. The van der Waals surface area contributed by atoms with Crippen molar-refractivity contribution < 1.29 is 22.7 Å². The maximum atomic E-state index is 13.1. The van der Waals surface area contributed by atoms with Crippen molar-refractivity contribution in [3.05, 3.63) is 52.3 Å². The minimum Gasteiger partial charge on any atom is -0.369 e. The predicted molar refractivity (Wildman–Crippen MR) is 102 cm³/mol. The molecule has 29 heavy (non-hydrogen) atoms. The number of benzene rings is 1. The Bertz CT molecular complexity index is 1120. The Hall–Kier alpha value is -2.59. The molecule has 154 valence electrons. The number of fused-ring (bicyclic) bond motifs is 1. The van der Waals surface area contributed by atoms with Gasteiger partial charge in [-0.1, -0.05) is 12.1 Å². The number of anilines is 1. The summed E-state index contributed by atoms with van der Waals surface area (Å²) in [6.45, 7) is 0.729. The molecule has 1 fully saturated rings. The Balaban J connectivity index is 1.35. The number of aromatic nitrogens is 4. The number of halogens is 1. The zero-order valence-corrected chi connectivity index (χ0v) is 16.2. The summed E-state index contributed by atoms with van der Waals surface area (Å²) in [5.41, 5.74) is 6.38. The van der Waals surface area contributed by atoms with Crippen LogP contribution in [0, 0.1) is 5.82 Å². The van der Waals surface area contributed by atoms with Gasteiger partial charge >= 0.3 is 7.60 Å². The molecule has 12 heteroatoms. The number of hydrogen-bond donors (Lipinski definition) is 2. The molecular formula is C17H19FN5O5P. The third kappa shape index (κ3) is 4.38. The lowest BCUT2D eigenvalue weighted by Gasteiger charge is -2.29. The highest BCUT2D eigenvalue weighted by Crippen LogP contribution is 2.55. The van der Waals surface area contributed by atoms with E-state index in [9.17, 15) is 13.8 Å². The van der Waals surface area contributed by atoms with Crippen LogP contribution >= 0.6 is 7.60 Å². The van der Waals surface area contributed by atoms with Crippen LogP contribution in [0.1, 0.15) is 18.1 Å². The Labute approximate surface area is 164 Å². The molecule has 3 heterocycles. The van der Waals surface area contributed by atoms with Gasteiger partial charge in [-0.05, 0) is 17.7 Å². The van der Waals surface area contributed by atoms with Gasteiger partial charge in [-0.3, -0.25) is 18.9 Å². The first-order chi connectivity index (χ1) is 13.9. The van der Waals surface area contributed by atoms with Crippen molar-refractivity contribution in [2.24, 2.45) is 0 Å². The summed E-state index contributed by atoms with van der Waals surface area (Å²) in [4.78, 5) is 22.2. The number of aromatic amines is 1. The van der Waals surface area contributed by atoms with Crippen LogP contribution < -0.4 is 11.3 Å². The molecule has 10 nitrogen and oxygen atoms in total. The highest BCUT2D eigenvalue weighted by Gasteiger charge is 2.34. The fraction of sp³-hybridized carbons (Fsp3) is 0.353. The molecule has 3 aromatic rings. The molecule has 1 aliphatic heterocycles. The second kappa shape index (κ2) is 8.03. The van der Waals surface area contributed by atoms with Crippen LogP contribution in [0.15, 0.2) is 35.4 Å². The Morgan fingerprint density at radius 1 is 1.38 bits per heavy atom. The van der Waals surface area contributed by atoms with E-state index in [2.05, 4.69) is 15.0 Å². The fourth-order valence-corrected chi connectivity index (χ4v) is 4.57. The van der Waals surface area contributed by atoms with Gasteiger partial charge in [-0.25, -0.2) is 9.37 Å². The second-order valence-electron chi connectivity index (χ2n) is 6.48. The maximum absolute atomic E-state index is 13.1. The first-order valence-corrected chi connectivity index (χ1v) is 10.6. The van der Waals surface area contributed by atoms with Crippen molar-refractivity contribution in [3.63, 3.8) is 0 Å². The summed E-state index contributed by atoms with van der Waals surface area (Å²) in [6.07, 6.45) is 1.29. The fourth-order valence-electron chi connectivity index (χ4n) is 3.02. The largest absolute Gasteiger partial charge is 0.369 e. The molecular weight excluding hydrogens is 404 g/mol. The van der Waals surface area contributed by atoms with E-state index in [0.717, 1.165) is 5.56 Å². The Kier molecular flexibility index (Phi) is 5.46.